The van der Waals surface area contributed by atoms with Gasteiger partial charge >= 0.3 is 0 Å². The van der Waals surface area contributed by atoms with Gasteiger partial charge < -0.3 is 19.9 Å². The van der Waals surface area contributed by atoms with E-state index in [1.165, 1.54) is 6.07 Å². The van der Waals surface area contributed by atoms with Gasteiger partial charge in [0.2, 0.25) is 11.8 Å². The largest absolute Gasteiger partial charge is 0.494 e. The van der Waals surface area contributed by atoms with Gasteiger partial charge in [0.05, 0.1) is 28.8 Å². The van der Waals surface area contributed by atoms with E-state index in [1.807, 2.05) is 43.3 Å². The molecule has 0 saturated carbocycles. The molecule has 3 aromatic carbocycles. The summed E-state index contributed by atoms with van der Waals surface area (Å²) >= 11 is 6.10. The molecule has 1 aromatic heterocycles. The van der Waals surface area contributed by atoms with E-state index in [0.29, 0.717) is 40.3 Å². The molecule has 0 bridgehead atoms. The minimum absolute atomic E-state index is 0.00404. The highest BCUT2D eigenvalue weighted by atomic mass is 35.5. The van der Waals surface area contributed by atoms with Crippen LogP contribution >= 0.6 is 11.6 Å². The zero-order valence-electron chi connectivity index (χ0n) is 19.8. The summed E-state index contributed by atoms with van der Waals surface area (Å²) < 4.78 is 31.2. The van der Waals surface area contributed by atoms with Crippen molar-refractivity contribution in [1.29, 1.82) is 5.26 Å². The van der Waals surface area contributed by atoms with Gasteiger partial charge in [-0.1, -0.05) is 41.9 Å². The first-order valence-electron chi connectivity index (χ1n) is 11.5. The van der Waals surface area contributed by atoms with E-state index >= 15 is 0 Å². The summed E-state index contributed by atoms with van der Waals surface area (Å²) in [4.78, 5) is 0. The average molecular weight is 517 g/mol. The smallest absolute Gasteiger partial charge is 0.244 e. The van der Waals surface area contributed by atoms with Crippen molar-refractivity contribution >= 4 is 11.6 Å². The van der Waals surface area contributed by atoms with Crippen molar-refractivity contribution in [1.82, 2.24) is 10.2 Å². The predicted octanol–water partition coefficient (Wildman–Crippen LogP) is 6.07. The quantitative estimate of drug-likeness (QED) is 0.309. The number of hydrogen-bond acceptors (Lipinski definition) is 6. The van der Waals surface area contributed by atoms with E-state index in [0.717, 1.165) is 11.1 Å². The summed E-state index contributed by atoms with van der Waals surface area (Å²) in [5.74, 6) is 0.557. The Morgan fingerprint density at radius 3 is 2.62 bits per heavy atom. The lowest BCUT2D eigenvalue weighted by atomic mass is 9.83. The highest BCUT2D eigenvalue weighted by molar-refractivity contribution is 6.31. The lowest BCUT2D eigenvalue weighted by Gasteiger charge is -2.24. The minimum Gasteiger partial charge on any atom is -0.494 e. The highest BCUT2D eigenvalue weighted by Gasteiger charge is 2.35. The van der Waals surface area contributed by atoms with Gasteiger partial charge in [0, 0.05) is 11.1 Å². The molecular formula is C28H22ClFN4O3. The second-order valence-corrected chi connectivity index (χ2v) is 8.67. The number of rotatable bonds is 7. The molecule has 1 aliphatic heterocycles. The molecule has 0 saturated heterocycles. The third-order valence-corrected chi connectivity index (χ3v) is 6.39. The topological polar surface area (TPSA) is 106 Å². The van der Waals surface area contributed by atoms with E-state index in [4.69, 9.17) is 31.5 Å². The number of nitrogens with one attached hydrogen (secondary N) is 1. The van der Waals surface area contributed by atoms with Crippen molar-refractivity contribution in [2.24, 2.45) is 5.73 Å². The zero-order valence-corrected chi connectivity index (χ0v) is 20.6. The van der Waals surface area contributed by atoms with Crippen LogP contribution in [0.2, 0.25) is 5.02 Å². The van der Waals surface area contributed by atoms with Crippen LogP contribution in [-0.4, -0.2) is 16.8 Å². The van der Waals surface area contributed by atoms with Crippen LogP contribution in [0.25, 0.3) is 11.3 Å². The molecule has 0 aliphatic carbocycles. The van der Waals surface area contributed by atoms with Crippen LogP contribution in [0.3, 0.4) is 0 Å². The molecule has 37 heavy (non-hydrogen) atoms. The maximum atomic E-state index is 14.1. The molecule has 4 aromatic rings. The van der Waals surface area contributed by atoms with Crippen molar-refractivity contribution in [3.8, 4) is 34.7 Å². The Bertz CT molecular complexity index is 1510. The molecule has 1 aliphatic rings. The molecule has 186 valence electrons. The molecule has 7 nitrogen and oxygen atoms in total. The Hall–Kier alpha value is -4.48. The molecule has 0 radical (unpaired) electrons. The van der Waals surface area contributed by atoms with Gasteiger partial charge in [-0.3, -0.25) is 5.10 Å². The maximum Gasteiger partial charge on any atom is 0.244 e. The Balaban J connectivity index is 1.49. The van der Waals surface area contributed by atoms with Crippen molar-refractivity contribution in [2.45, 2.75) is 19.4 Å². The van der Waals surface area contributed by atoms with Crippen LogP contribution in [0.5, 0.6) is 17.4 Å². The minimum atomic E-state index is -0.534. The molecular weight excluding hydrogens is 495 g/mol. The number of allylic oxidation sites excluding steroid dienone is 1. The molecule has 0 amide bonds. The normalized spacial score (nSPS) is 14.5. The third-order valence-electron chi connectivity index (χ3n) is 6.03. The predicted molar refractivity (Wildman–Crippen MR) is 137 cm³/mol. The lowest BCUT2D eigenvalue weighted by Crippen LogP contribution is -2.21. The fraction of sp³-hybridized carbons (Fsp3) is 0.143. The molecule has 0 spiro atoms. The fourth-order valence-corrected chi connectivity index (χ4v) is 4.51. The first kappa shape index (κ1) is 24.2. The van der Waals surface area contributed by atoms with Crippen molar-refractivity contribution in [3.05, 3.63) is 106 Å². The van der Waals surface area contributed by atoms with E-state index in [1.54, 1.807) is 24.3 Å². The zero-order chi connectivity index (χ0) is 25.9. The number of fused-ring (bicyclic) bond motifs is 1. The van der Waals surface area contributed by atoms with Crippen LogP contribution in [0.15, 0.2) is 78.2 Å². The monoisotopic (exact) mass is 516 g/mol. The first-order chi connectivity index (χ1) is 18.0. The van der Waals surface area contributed by atoms with Gasteiger partial charge in [-0.25, -0.2) is 4.39 Å². The number of nitrogens with zero attached hydrogens (tertiary/aromatic N) is 2. The first-order valence-corrected chi connectivity index (χ1v) is 11.9. The lowest BCUT2D eigenvalue weighted by molar-refractivity contribution is 0.300. The van der Waals surface area contributed by atoms with Crippen LogP contribution < -0.4 is 19.9 Å². The summed E-state index contributed by atoms with van der Waals surface area (Å²) in [5, 5.41) is 17.6. The fourth-order valence-electron chi connectivity index (χ4n) is 4.29. The average Bonchev–Trinajstić information content (AvgIpc) is 3.32. The van der Waals surface area contributed by atoms with Crippen LogP contribution in [0, 0.1) is 17.1 Å². The van der Waals surface area contributed by atoms with Gasteiger partial charge in [-0.15, -0.1) is 5.10 Å². The van der Waals surface area contributed by atoms with Gasteiger partial charge in [0.15, 0.2) is 0 Å². The summed E-state index contributed by atoms with van der Waals surface area (Å²) in [6, 6.07) is 21.4. The van der Waals surface area contributed by atoms with Crippen molar-refractivity contribution in [2.75, 3.05) is 6.61 Å². The Morgan fingerprint density at radius 1 is 1.11 bits per heavy atom. The molecule has 1 atom stereocenters. The SMILES string of the molecule is CCOc1cccc(-c2[nH]nc3c2C(c2ccc(OCc4c(F)cccc4Cl)cc2)C(C#N)=C(N)O3)c1. The summed E-state index contributed by atoms with van der Waals surface area (Å²) in [5.41, 5.74) is 9.63. The molecule has 3 N–H and O–H groups in total. The van der Waals surface area contributed by atoms with E-state index < -0.39 is 11.7 Å². The molecule has 1 unspecified atom stereocenters. The summed E-state index contributed by atoms with van der Waals surface area (Å²) in [6.45, 7) is 2.43. The van der Waals surface area contributed by atoms with Crippen molar-refractivity contribution < 1.29 is 18.6 Å². The number of benzene rings is 3. The third kappa shape index (κ3) is 4.69. The van der Waals surface area contributed by atoms with Gasteiger partial charge in [-0.05, 0) is 48.9 Å². The second-order valence-electron chi connectivity index (χ2n) is 8.26. The number of aromatic nitrogens is 2. The Labute approximate surface area is 217 Å². The highest BCUT2D eigenvalue weighted by Crippen LogP contribution is 2.46. The number of ether oxygens (including phenoxy) is 3. The summed E-state index contributed by atoms with van der Waals surface area (Å²) in [6.07, 6.45) is 0. The van der Waals surface area contributed by atoms with E-state index in [2.05, 4.69) is 16.3 Å². The molecule has 0 fully saturated rings. The number of halogens is 2. The number of H-pyrrole nitrogens is 1. The number of aromatic amines is 1. The van der Waals surface area contributed by atoms with Crippen LogP contribution in [-0.2, 0) is 6.61 Å². The van der Waals surface area contributed by atoms with Gasteiger partial charge in [0.25, 0.3) is 0 Å². The molecule has 9 heteroatoms. The number of nitrogens with two attached hydrogens (primary N) is 1. The number of nitriles is 1. The van der Waals surface area contributed by atoms with Gasteiger partial charge in [0.1, 0.15) is 35.6 Å². The Morgan fingerprint density at radius 2 is 1.89 bits per heavy atom. The van der Waals surface area contributed by atoms with E-state index in [-0.39, 0.29) is 23.6 Å². The maximum absolute atomic E-state index is 14.1. The van der Waals surface area contributed by atoms with Crippen LogP contribution in [0.1, 0.15) is 29.5 Å². The molecule has 5 rings (SSSR count). The second kappa shape index (κ2) is 10.2. The molecule has 2 heterocycles. The summed E-state index contributed by atoms with van der Waals surface area (Å²) in [7, 11) is 0. The van der Waals surface area contributed by atoms with Gasteiger partial charge in [-0.2, -0.15) is 5.26 Å². The van der Waals surface area contributed by atoms with E-state index in [9.17, 15) is 9.65 Å². The standard InChI is InChI=1S/C28H22ClFN4O3/c1-2-35-19-6-3-5-17(13-19)26-25-24(20(14-31)27(32)37-28(25)34-33-26)16-9-11-18(12-10-16)36-15-21-22(29)7-4-8-23(21)30/h3-13,24H,2,15,32H2,1H3,(H,33,34). The van der Waals surface area contributed by atoms with Crippen molar-refractivity contribution in [3.63, 3.8) is 0 Å². The Kier molecular flexibility index (Phi) is 6.71. The number of hydrogen-bond donors (Lipinski definition) is 2. The van der Waals surface area contributed by atoms with Crippen LogP contribution in [0.4, 0.5) is 4.39 Å².